The van der Waals surface area contributed by atoms with Crippen molar-refractivity contribution in [2.24, 2.45) is 17.6 Å². The molecule has 0 bridgehead atoms. The van der Waals surface area contributed by atoms with E-state index < -0.39 is 6.04 Å². The van der Waals surface area contributed by atoms with E-state index in [0.29, 0.717) is 19.0 Å². The quantitative estimate of drug-likeness (QED) is 0.816. The minimum Gasteiger partial charge on any atom is -0.349 e. The number of piperidine rings is 1. The van der Waals surface area contributed by atoms with Crippen LogP contribution in [0, 0.1) is 11.8 Å². The summed E-state index contributed by atoms with van der Waals surface area (Å²) in [6.07, 6.45) is 2.21. The van der Waals surface area contributed by atoms with Crippen LogP contribution < -0.4 is 5.73 Å². The summed E-state index contributed by atoms with van der Waals surface area (Å²) in [4.78, 5) is 27.4. The van der Waals surface area contributed by atoms with Gasteiger partial charge in [-0.3, -0.25) is 9.59 Å². The third-order valence-electron chi connectivity index (χ3n) is 3.64. The van der Waals surface area contributed by atoms with Crippen LogP contribution in [0.2, 0.25) is 0 Å². The second-order valence-corrected chi connectivity index (χ2v) is 6.07. The molecule has 1 aliphatic heterocycles. The molecule has 1 aliphatic rings. The van der Waals surface area contributed by atoms with Crippen LogP contribution in [0.1, 0.15) is 33.1 Å². The molecule has 1 atom stereocenters. The molecule has 0 aromatic rings. The molecule has 1 saturated heterocycles. The molecule has 2 N–H and O–H groups in total. The molecule has 1 rings (SSSR count). The van der Waals surface area contributed by atoms with Gasteiger partial charge in [0.1, 0.15) is 0 Å². The van der Waals surface area contributed by atoms with Crippen LogP contribution in [0.4, 0.5) is 0 Å². The fourth-order valence-corrected chi connectivity index (χ4v) is 2.56. The van der Waals surface area contributed by atoms with Gasteiger partial charge in [0.25, 0.3) is 0 Å². The number of rotatable bonds is 4. The maximum Gasteiger partial charge on any atom is 0.239 e. The summed E-state index contributed by atoms with van der Waals surface area (Å²) >= 11 is 0. The summed E-state index contributed by atoms with van der Waals surface area (Å²) in [5.74, 6) is 0.676. The highest BCUT2D eigenvalue weighted by molar-refractivity contribution is 5.82. The lowest BCUT2D eigenvalue weighted by Gasteiger charge is -2.34. The van der Waals surface area contributed by atoms with Crippen molar-refractivity contribution >= 4 is 11.8 Å². The van der Waals surface area contributed by atoms with E-state index in [4.69, 9.17) is 5.73 Å². The first kappa shape index (κ1) is 16.0. The first-order valence-corrected chi connectivity index (χ1v) is 7.08. The van der Waals surface area contributed by atoms with Gasteiger partial charge in [-0.25, -0.2) is 0 Å². The number of hydrogen-bond donors (Lipinski definition) is 1. The normalized spacial score (nSPS) is 18.5. The van der Waals surface area contributed by atoms with Crippen LogP contribution in [0.5, 0.6) is 0 Å². The third kappa shape index (κ3) is 4.49. The molecule has 19 heavy (non-hydrogen) atoms. The zero-order chi connectivity index (χ0) is 14.6. The highest BCUT2D eigenvalue weighted by Crippen LogP contribution is 2.20. The van der Waals surface area contributed by atoms with Crippen LogP contribution >= 0.6 is 0 Å². The topological polar surface area (TPSA) is 66.6 Å². The molecule has 5 heteroatoms. The van der Waals surface area contributed by atoms with Gasteiger partial charge in [0.15, 0.2) is 0 Å². The molecule has 0 aromatic heterocycles. The van der Waals surface area contributed by atoms with Crippen molar-refractivity contribution in [3.05, 3.63) is 0 Å². The molecule has 1 heterocycles. The number of carbonyl (C=O) groups is 2. The Balaban J connectivity index is 2.45. The predicted octanol–water partition coefficient (Wildman–Crippen LogP) is 0.687. The summed E-state index contributed by atoms with van der Waals surface area (Å²) in [5, 5.41) is 0. The Morgan fingerprint density at radius 2 is 1.79 bits per heavy atom. The monoisotopic (exact) mass is 269 g/mol. The Bertz CT molecular complexity index is 321. The minimum absolute atomic E-state index is 0.0319. The van der Waals surface area contributed by atoms with Crippen molar-refractivity contribution in [3.8, 4) is 0 Å². The number of hydrogen-bond acceptors (Lipinski definition) is 3. The van der Waals surface area contributed by atoms with E-state index in [1.807, 2.05) is 4.90 Å². The number of likely N-dealkylation sites (tertiary alicyclic amines) is 1. The summed E-state index contributed by atoms with van der Waals surface area (Å²) in [6.45, 7) is 5.42. The van der Waals surface area contributed by atoms with Gasteiger partial charge in [-0.05, 0) is 25.2 Å². The molecule has 5 nitrogen and oxygen atoms in total. The SMILES string of the molecule is CC(C)CC(N)C(=O)N1CCC(C(=O)N(C)C)CC1. The minimum atomic E-state index is -0.402. The average Bonchev–Trinajstić information content (AvgIpc) is 2.36. The van der Waals surface area contributed by atoms with Gasteiger partial charge >= 0.3 is 0 Å². The lowest BCUT2D eigenvalue weighted by molar-refractivity contribution is -0.139. The van der Waals surface area contributed by atoms with Crippen molar-refractivity contribution < 1.29 is 9.59 Å². The van der Waals surface area contributed by atoms with E-state index in [1.165, 1.54) is 0 Å². The van der Waals surface area contributed by atoms with Gasteiger partial charge in [-0.15, -0.1) is 0 Å². The molecule has 1 unspecified atom stereocenters. The zero-order valence-corrected chi connectivity index (χ0v) is 12.6. The fourth-order valence-electron chi connectivity index (χ4n) is 2.56. The maximum atomic E-state index is 12.1. The van der Waals surface area contributed by atoms with Gasteiger partial charge in [-0.2, -0.15) is 0 Å². The average molecular weight is 269 g/mol. The van der Waals surface area contributed by atoms with Gasteiger partial charge < -0.3 is 15.5 Å². The Kier molecular flexibility index (Phi) is 5.79. The van der Waals surface area contributed by atoms with Crippen molar-refractivity contribution in [2.75, 3.05) is 27.2 Å². The number of carbonyl (C=O) groups excluding carboxylic acids is 2. The molecule has 0 aliphatic carbocycles. The largest absolute Gasteiger partial charge is 0.349 e. The van der Waals surface area contributed by atoms with Crippen LogP contribution in [-0.2, 0) is 9.59 Å². The molecule has 2 amide bonds. The number of nitrogens with zero attached hydrogens (tertiary/aromatic N) is 2. The van der Waals surface area contributed by atoms with E-state index in [-0.39, 0.29) is 17.7 Å². The van der Waals surface area contributed by atoms with E-state index in [2.05, 4.69) is 13.8 Å². The Morgan fingerprint density at radius 1 is 1.26 bits per heavy atom. The van der Waals surface area contributed by atoms with Crippen molar-refractivity contribution in [2.45, 2.75) is 39.2 Å². The van der Waals surface area contributed by atoms with Gasteiger partial charge in [0.05, 0.1) is 6.04 Å². The summed E-state index contributed by atoms with van der Waals surface area (Å²) in [7, 11) is 3.55. The van der Waals surface area contributed by atoms with E-state index in [0.717, 1.165) is 19.3 Å². The Labute approximate surface area is 116 Å². The first-order chi connectivity index (χ1) is 8.82. The molecule has 0 saturated carbocycles. The fraction of sp³-hybridized carbons (Fsp3) is 0.857. The van der Waals surface area contributed by atoms with Crippen molar-refractivity contribution in [3.63, 3.8) is 0 Å². The Morgan fingerprint density at radius 3 is 2.21 bits per heavy atom. The van der Waals surface area contributed by atoms with Gasteiger partial charge in [0.2, 0.25) is 11.8 Å². The number of nitrogens with two attached hydrogens (primary N) is 1. The van der Waals surface area contributed by atoms with Crippen molar-refractivity contribution in [1.82, 2.24) is 9.80 Å². The lowest BCUT2D eigenvalue weighted by atomic mass is 9.94. The molecule has 1 fully saturated rings. The van der Waals surface area contributed by atoms with E-state index in [1.54, 1.807) is 19.0 Å². The van der Waals surface area contributed by atoms with Crippen LogP contribution in [0.25, 0.3) is 0 Å². The lowest BCUT2D eigenvalue weighted by Crippen LogP contribution is -2.49. The molecular weight excluding hydrogens is 242 g/mol. The molecule has 0 radical (unpaired) electrons. The zero-order valence-electron chi connectivity index (χ0n) is 12.6. The molecule has 0 spiro atoms. The molecule has 0 aromatic carbocycles. The highest BCUT2D eigenvalue weighted by atomic mass is 16.2. The Hall–Kier alpha value is -1.10. The first-order valence-electron chi connectivity index (χ1n) is 7.08. The second kappa shape index (κ2) is 6.89. The third-order valence-corrected chi connectivity index (χ3v) is 3.64. The van der Waals surface area contributed by atoms with E-state index >= 15 is 0 Å². The highest BCUT2D eigenvalue weighted by Gasteiger charge is 2.30. The van der Waals surface area contributed by atoms with Crippen LogP contribution in [0.15, 0.2) is 0 Å². The summed E-state index contributed by atoms with van der Waals surface area (Å²) in [5.41, 5.74) is 5.93. The maximum absolute atomic E-state index is 12.1. The number of amides is 2. The molecule has 110 valence electrons. The smallest absolute Gasteiger partial charge is 0.239 e. The van der Waals surface area contributed by atoms with Crippen LogP contribution in [0.3, 0.4) is 0 Å². The standard InChI is InChI=1S/C14H27N3O2/c1-10(2)9-12(15)14(19)17-7-5-11(6-8-17)13(18)16(3)4/h10-12H,5-9,15H2,1-4H3. The second-order valence-electron chi connectivity index (χ2n) is 6.07. The predicted molar refractivity (Wildman–Crippen MR) is 75.4 cm³/mol. The van der Waals surface area contributed by atoms with E-state index in [9.17, 15) is 9.59 Å². The summed E-state index contributed by atoms with van der Waals surface area (Å²) < 4.78 is 0. The van der Waals surface area contributed by atoms with Crippen LogP contribution in [-0.4, -0.2) is 54.8 Å². The van der Waals surface area contributed by atoms with Crippen molar-refractivity contribution in [1.29, 1.82) is 0 Å². The van der Waals surface area contributed by atoms with Gasteiger partial charge in [-0.1, -0.05) is 13.8 Å². The summed E-state index contributed by atoms with van der Waals surface area (Å²) in [6, 6.07) is -0.402. The molecular formula is C14H27N3O2. The van der Waals surface area contributed by atoms with Gasteiger partial charge in [0, 0.05) is 33.1 Å².